The molecule has 18 heavy (non-hydrogen) atoms. The maximum atomic E-state index is 11.2. The first-order chi connectivity index (χ1) is 8.37. The first-order valence-electron chi connectivity index (χ1n) is 4.81. The summed E-state index contributed by atoms with van der Waals surface area (Å²) in [4.78, 5) is 15.4. The summed E-state index contributed by atoms with van der Waals surface area (Å²) < 4.78 is 27.6. The second-order valence-corrected chi connectivity index (χ2v) is 6.73. The molecule has 0 unspecified atom stereocenters. The zero-order valence-electron chi connectivity index (χ0n) is 9.28. The topological polar surface area (TPSA) is 97.5 Å². The zero-order valence-corrected chi connectivity index (χ0v) is 10.9. The van der Waals surface area contributed by atoms with Crippen molar-refractivity contribution in [2.24, 2.45) is 0 Å². The molecule has 0 atom stereocenters. The molecule has 0 radical (unpaired) electrons. The SMILES string of the molecule is CS(=O)(=O)Cc1oc(-c2cccs2)nc1C(=O)O. The van der Waals surface area contributed by atoms with Gasteiger partial charge in [-0.25, -0.2) is 18.2 Å². The Balaban J connectivity index is 2.48. The molecule has 0 saturated heterocycles. The van der Waals surface area contributed by atoms with Crippen LogP contribution in [-0.2, 0) is 15.6 Å². The largest absolute Gasteiger partial charge is 0.476 e. The lowest BCUT2D eigenvalue weighted by atomic mass is 10.4. The molecule has 0 aliphatic rings. The number of sulfone groups is 1. The number of aromatic nitrogens is 1. The predicted molar refractivity (Wildman–Crippen MR) is 65.3 cm³/mol. The maximum absolute atomic E-state index is 11.2. The van der Waals surface area contributed by atoms with Crippen LogP contribution >= 0.6 is 11.3 Å². The van der Waals surface area contributed by atoms with Gasteiger partial charge in [0, 0.05) is 6.26 Å². The Bertz CT molecular complexity index is 669. The Morgan fingerprint density at radius 1 is 1.56 bits per heavy atom. The van der Waals surface area contributed by atoms with Gasteiger partial charge in [0.05, 0.1) is 4.88 Å². The van der Waals surface area contributed by atoms with Gasteiger partial charge < -0.3 is 9.52 Å². The number of rotatable bonds is 4. The lowest BCUT2D eigenvalue weighted by molar-refractivity contribution is 0.0689. The van der Waals surface area contributed by atoms with Crippen LogP contribution in [0.5, 0.6) is 0 Å². The van der Waals surface area contributed by atoms with Crippen molar-refractivity contribution >= 4 is 27.1 Å². The molecular weight excluding hydrogens is 278 g/mol. The minimum atomic E-state index is -3.38. The molecule has 2 aromatic rings. The molecule has 0 saturated carbocycles. The van der Waals surface area contributed by atoms with E-state index in [0.29, 0.717) is 4.88 Å². The van der Waals surface area contributed by atoms with Crippen molar-refractivity contribution in [1.29, 1.82) is 0 Å². The van der Waals surface area contributed by atoms with Crippen LogP contribution in [0.1, 0.15) is 16.2 Å². The number of oxazole rings is 1. The molecular formula is C10H9NO5S2. The van der Waals surface area contributed by atoms with Crippen molar-refractivity contribution in [2.75, 3.05) is 6.26 Å². The second-order valence-electron chi connectivity index (χ2n) is 3.64. The van der Waals surface area contributed by atoms with Crippen molar-refractivity contribution in [3.05, 3.63) is 29.0 Å². The number of carbonyl (C=O) groups is 1. The van der Waals surface area contributed by atoms with E-state index >= 15 is 0 Å². The summed E-state index contributed by atoms with van der Waals surface area (Å²) >= 11 is 1.33. The van der Waals surface area contributed by atoms with Gasteiger partial charge in [-0.3, -0.25) is 0 Å². The number of aromatic carboxylic acids is 1. The molecule has 0 amide bonds. The van der Waals surface area contributed by atoms with Gasteiger partial charge in [-0.1, -0.05) is 6.07 Å². The number of hydrogen-bond acceptors (Lipinski definition) is 6. The van der Waals surface area contributed by atoms with Crippen LogP contribution in [0.2, 0.25) is 0 Å². The van der Waals surface area contributed by atoms with Crippen LogP contribution in [-0.4, -0.2) is 30.7 Å². The van der Waals surface area contributed by atoms with E-state index in [9.17, 15) is 13.2 Å². The molecule has 2 aromatic heterocycles. The molecule has 0 aliphatic carbocycles. The highest BCUT2D eigenvalue weighted by molar-refractivity contribution is 7.89. The third kappa shape index (κ3) is 2.77. The summed E-state index contributed by atoms with van der Waals surface area (Å²) in [5, 5.41) is 10.7. The van der Waals surface area contributed by atoms with Crippen LogP contribution in [0.15, 0.2) is 21.9 Å². The van der Waals surface area contributed by atoms with Gasteiger partial charge >= 0.3 is 5.97 Å². The minimum Gasteiger partial charge on any atom is -0.476 e. The van der Waals surface area contributed by atoms with Crippen LogP contribution in [0.3, 0.4) is 0 Å². The van der Waals surface area contributed by atoms with Crippen LogP contribution in [0.4, 0.5) is 0 Å². The Labute approximate surface area is 107 Å². The van der Waals surface area contributed by atoms with Gasteiger partial charge in [-0.15, -0.1) is 11.3 Å². The average molecular weight is 287 g/mol. The number of carboxylic acids is 1. The van der Waals surface area contributed by atoms with E-state index in [-0.39, 0.29) is 17.3 Å². The standard InChI is InChI=1S/C10H9NO5S2/c1-18(14,15)5-6-8(10(12)13)11-9(16-6)7-3-2-4-17-7/h2-4H,5H2,1H3,(H,12,13). The molecule has 2 heterocycles. The van der Waals surface area contributed by atoms with E-state index in [4.69, 9.17) is 9.52 Å². The molecule has 0 bridgehead atoms. The number of nitrogens with zero attached hydrogens (tertiary/aromatic N) is 1. The molecule has 96 valence electrons. The molecule has 0 aliphatic heterocycles. The van der Waals surface area contributed by atoms with E-state index in [0.717, 1.165) is 6.26 Å². The van der Waals surface area contributed by atoms with E-state index in [2.05, 4.69) is 4.98 Å². The fourth-order valence-corrected chi connectivity index (χ4v) is 2.68. The van der Waals surface area contributed by atoms with Gasteiger partial charge in [0.15, 0.2) is 21.3 Å². The third-order valence-corrected chi connectivity index (χ3v) is 3.67. The van der Waals surface area contributed by atoms with E-state index in [1.807, 2.05) is 0 Å². The monoisotopic (exact) mass is 287 g/mol. The van der Waals surface area contributed by atoms with E-state index < -0.39 is 21.6 Å². The fourth-order valence-electron chi connectivity index (χ4n) is 1.36. The van der Waals surface area contributed by atoms with Gasteiger partial charge in [-0.05, 0) is 11.4 Å². The second kappa shape index (κ2) is 4.54. The maximum Gasteiger partial charge on any atom is 0.358 e. The first kappa shape index (κ1) is 12.8. The first-order valence-corrected chi connectivity index (χ1v) is 7.75. The highest BCUT2D eigenvalue weighted by Crippen LogP contribution is 2.27. The molecule has 6 nitrogen and oxygen atoms in total. The Hall–Kier alpha value is -1.67. The number of thiophene rings is 1. The number of carboxylic acid groups (broad SMARTS) is 1. The average Bonchev–Trinajstić information content (AvgIpc) is 2.81. The Morgan fingerprint density at radius 2 is 2.28 bits per heavy atom. The van der Waals surface area contributed by atoms with Crippen molar-refractivity contribution < 1.29 is 22.7 Å². The summed E-state index contributed by atoms with van der Waals surface area (Å²) in [5.74, 6) is -1.80. The van der Waals surface area contributed by atoms with Gasteiger partial charge in [0.1, 0.15) is 5.75 Å². The zero-order chi connectivity index (χ0) is 13.3. The normalized spacial score (nSPS) is 11.6. The van der Waals surface area contributed by atoms with Crippen LogP contribution in [0.25, 0.3) is 10.8 Å². The van der Waals surface area contributed by atoms with Crippen molar-refractivity contribution in [3.63, 3.8) is 0 Å². The number of hydrogen-bond donors (Lipinski definition) is 1. The lowest BCUT2D eigenvalue weighted by Crippen LogP contribution is -2.06. The van der Waals surface area contributed by atoms with Crippen LogP contribution in [0, 0.1) is 0 Å². The molecule has 1 N–H and O–H groups in total. The van der Waals surface area contributed by atoms with Crippen molar-refractivity contribution in [2.45, 2.75) is 5.75 Å². The van der Waals surface area contributed by atoms with E-state index in [1.54, 1.807) is 17.5 Å². The highest BCUT2D eigenvalue weighted by Gasteiger charge is 2.23. The summed E-state index contributed by atoms with van der Waals surface area (Å²) in [7, 11) is -3.38. The summed E-state index contributed by atoms with van der Waals surface area (Å²) in [5.41, 5.74) is -0.358. The lowest BCUT2D eigenvalue weighted by Gasteiger charge is -1.94. The third-order valence-electron chi connectivity index (χ3n) is 2.03. The van der Waals surface area contributed by atoms with Gasteiger partial charge in [0.25, 0.3) is 0 Å². The Kier molecular flexibility index (Phi) is 3.22. The quantitative estimate of drug-likeness (QED) is 0.918. The van der Waals surface area contributed by atoms with Crippen molar-refractivity contribution in [1.82, 2.24) is 4.98 Å². The molecule has 2 rings (SSSR count). The summed E-state index contributed by atoms with van der Waals surface area (Å²) in [6.07, 6.45) is 1.01. The van der Waals surface area contributed by atoms with Gasteiger partial charge in [-0.2, -0.15) is 0 Å². The summed E-state index contributed by atoms with van der Waals surface area (Å²) in [6.45, 7) is 0. The van der Waals surface area contributed by atoms with Crippen molar-refractivity contribution in [3.8, 4) is 10.8 Å². The molecule has 0 spiro atoms. The smallest absolute Gasteiger partial charge is 0.358 e. The predicted octanol–water partition coefficient (Wildman–Crippen LogP) is 1.65. The van der Waals surface area contributed by atoms with E-state index in [1.165, 1.54) is 11.3 Å². The van der Waals surface area contributed by atoms with Crippen LogP contribution < -0.4 is 0 Å². The minimum absolute atomic E-state index is 0.126. The molecule has 0 fully saturated rings. The Morgan fingerprint density at radius 3 is 2.78 bits per heavy atom. The summed E-state index contributed by atoms with van der Waals surface area (Å²) in [6, 6.07) is 3.48. The molecule has 8 heteroatoms. The fraction of sp³-hybridized carbons (Fsp3) is 0.200. The van der Waals surface area contributed by atoms with Gasteiger partial charge in [0.2, 0.25) is 5.89 Å². The highest BCUT2D eigenvalue weighted by atomic mass is 32.2. The molecule has 0 aromatic carbocycles.